The minimum absolute atomic E-state index is 0.166. The highest BCUT2D eigenvalue weighted by molar-refractivity contribution is 7.21. The molecule has 3 aromatic heterocycles. The van der Waals surface area contributed by atoms with Crippen LogP contribution in [0.3, 0.4) is 0 Å². The number of nitrogens with zero attached hydrogens (tertiary/aromatic N) is 2. The van der Waals surface area contributed by atoms with Crippen LogP contribution in [0.25, 0.3) is 10.2 Å². The molecule has 3 aromatic rings. The van der Waals surface area contributed by atoms with Gasteiger partial charge in [0.25, 0.3) is 5.91 Å². The number of aryl methyl sites for hydroxylation is 2. The highest BCUT2D eigenvalue weighted by Gasteiger charge is 2.19. The number of aromatic nitrogens is 2. The van der Waals surface area contributed by atoms with E-state index in [2.05, 4.69) is 15.5 Å². The summed E-state index contributed by atoms with van der Waals surface area (Å²) in [6, 6.07) is 3.94. The van der Waals surface area contributed by atoms with Gasteiger partial charge in [-0.3, -0.25) is 4.79 Å². The monoisotopic (exact) mass is 318 g/mol. The summed E-state index contributed by atoms with van der Waals surface area (Å²) in [5, 5.41) is 13.9. The number of rotatable bonds is 3. The quantitative estimate of drug-likeness (QED) is 0.778. The zero-order valence-corrected chi connectivity index (χ0v) is 13.3. The van der Waals surface area contributed by atoms with Gasteiger partial charge in [0.2, 0.25) is 0 Å². The lowest BCUT2D eigenvalue weighted by Crippen LogP contribution is -2.22. The predicted molar refractivity (Wildman–Crippen MR) is 86.8 cm³/mol. The van der Waals surface area contributed by atoms with Crippen molar-refractivity contribution in [2.45, 2.75) is 20.4 Å². The molecule has 0 aliphatic carbocycles. The highest BCUT2D eigenvalue weighted by atomic mass is 32.1. The minimum atomic E-state index is -0.166. The molecule has 0 aliphatic heterocycles. The Bertz CT molecular complexity index is 808. The van der Waals surface area contributed by atoms with E-state index >= 15 is 0 Å². The Kier molecular flexibility index (Phi) is 3.60. The molecule has 0 unspecified atom stereocenters. The number of anilines is 1. The molecule has 0 spiro atoms. The van der Waals surface area contributed by atoms with Crippen molar-refractivity contribution in [2.24, 2.45) is 0 Å². The second kappa shape index (κ2) is 5.42. The third kappa shape index (κ3) is 2.50. The lowest BCUT2D eigenvalue weighted by atomic mass is 10.1. The molecular weight excluding hydrogens is 304 g/mol. The van der Waals surface area contributed by atoms with E-state index in [1.807, 2.05) is 31.4 Å². The first kappa shape index (κ1) is 14.0. The molecule has 0 saturated heterocycles. The lowest BCUT2D eigenvalue weighted by Gasteiger charge is -2.03. The number of carbonyl (C=O) groups is 1. The van der Waals surface area contributed by atoms with Crippen LogP contribution in [0.2, 0.25) is 0 Å². The Morgan fingerprint density at radius 3 is 2.90 bits per heavy atom. The average Bonchev–Trinajstić information content (AvgIpc) is 3.09. The molecule has 1 amide bonds. The van der Waals surface area contributed by atoms with Crippen molar-refractivity contribution in [1.29, 1.82) is 0 Å². The van der Waals surface area contributed by atoms with E-state index in [1.165, 1.54) is 11.3 Å². The van der Waals surface area contributed by atoms with Crippen molar-refractivity contribution < 1.29 is 4.79 Å². The number of fused-ring (bicyclic) bond motifs is 1. The highest BCUT2D eigenvalue weighted by Crippen LogP contribution is 2.34. The zero-order chi connectivity index (χ0) is 15.0. The first-order valence-corrected chi connectivity index (χ1v) is 8.10. The first-order valence-electron chi connectivity index (χ1n) is 6.40. The maximum atomic E-state index is 12.3. The second-order valence-electron chi connectivity index (χ2n) is 4.70. The van der Waals surface area contributed by atoms with Crippen LogP contribution in [0.5, 0.6) is 0 Å². The number of thiophene rings is 2. The zero-order valence-electron chi connectivity index (χ0n) is 11.6. The van der Waals surface area contributed by atoms with Crippen molar-refractivity contribution in [3.05, 3.63) is 38.5 Å². The van der Waals surface area contributed by atoms with Crippen molar-refractivity contribution >= 4 is 44.5 Å². The fourth-order valence-corrected chi connectivity index (χ4v) is 3.73. The van der Waals surface area contributed by atoms with E-state index in [9.17, 15) is 4.79 Å². The summed E-state index contributed by atoms with van der Waals surface area (Å²) in [6.07, 6.45) is 0. The Morgan fingerprint density at radius 1 is 1.38 bits per heavy atom. The minimum Gasteiger partial charge on any atom is -0.397 e. The second-order valence-corrected chi connectivity index (χ2v) is 6.73. The Labute approximate surface area is 129 Å². The molecule has 0 fully saturated rings. The van der Waals surface area contributed by atoms with E-state index < -0.39 is 0 Å². The van der Waals surface area contributed by atoms with E-state index in [-0.39, 0.29) is 5.91 Å². The van der Waals surface area contributed by atoms with Crippen LogP contribution in [0.4, 0.5) is 5.69 Å². The Balaban J connectivity index is 1.91. The van der Waals surface area contributed by atoms with Gasteiger partial charge in [0.15, 0.2) is 0 Å². The molecule has 0 aliphatic rings. The third-order valence-electron chi connectivity index (χ3n) is 3.34. The molecule has 3 rings (SSSR count). The molecule has 0 aromatic carbocycles. The van der Waals surface area contributed by atoms with Crippen molar-refractivity contribution in [1.82, 2.24) is 15.5 Å². The number of amides is 1. The van der Waals surface area contributed by atoms with Gasteiger partial charge in [-0.1, -0.05) is 6.07 Å². The number of carbonyl (C=O) groups excluding carboxylic acids is 1. The molecule has 0 saturated carbocycles. The SMILES string of the molecule is Cc1nnc2sc(C(=O)NCc3cccs3)c(N)c2c1C. The Hall–Kier alpha value is -1.99. The van der Waals surface area contributed by atoms with Crippen LogP contribution in [0, 0.1) is 13.8 Å². The summed E-state index contributed by atoms with van der Waals surface area (Å²) < 4.78 is 0. The van der Waals surface area contributed by atoms with Gasteiger partial charge in [0, 0.05) is 10.3 Å². The third-order valence-corrected chi connectivity index (χ3v) is 5.31. The van der Waals surface area contributed by atoms with Crippen LogP contribution in [-0.2, 0) is 6.54 Å². The van der Waals surface area contributed by atoms with Crippen molar-refractivity contribution in [3.8, 4) is 0 Å². The fourth-order valence-electron chi connectivity index (χ4n) is 2.07. The smallest absolute Gasteiger partial charge is 0.263 e. The topological polar surface area (TPSA) is 80.9 Å². The largest absolute Gasteiger partial charge is 0.397 e. The van der Waals surface area contributed by atoms with Gasteiger partial charge in [-0.05, 0) is 30.9 Å². The van der Waals surface area contributed by atoms with Crippen LogP contribution in [0.1, 0.15) is 25.8 Å². The summed E-state index contributed by atoms with van der Waals surface area (Å²) in [5.74, 6) is -0.166. The number of nitrogen functional groups attached to an aromatic ring is 1. The molecule has 21 heavy (non-hydrogen) atoms. The van der Waals surface area contributed by atoms with E-state index in [4.69, 9.17) is 5.73 Å². The number of hydrogen-bond acceptors (Lipinski definition) is 6. The van der Waals surface area contributed by atoms with Crippen LogP contribution in [-0.4, -0.2) is 16.1 Å². The summed E-state index contributed by atoms with van der Waals surface area (Å²) in [4.78, 5) is 14.6. The predicted octanol–water partition coefficient (Wildman–Crippen LogP) is 2.88. The van der Waals surface area contributed by atoms with Gasteiger partial charge < -0.3 is 11.1 Å². The number of hydrogen-bond donors (Lipinski definition) is 2. The normalized spacial score (nSPS) is 11.0. The molecule has 0 bridgehead atoms. The maximum absolute atomic E-state index is 12.3. The first-order chi connectivity index (χ1) is 10.1. The molecule has 3 N–H and O–H groups in total. The van der Waals surface area contributed by atoms with Crippen LogP contribution in [0.15, 0.2) is 17.5 Å². The summed E-state index contributed by atoms with van der Waals surface area (Å²) in [6.45, 7) is 4.34. The molecule has 0 atom stereocenters. The van der Waals surface area contributed by atoms with E-state index in [0.717, 1.165) is 21.5 Å². The molecule has 5 nitrogen and oxygen atoms in total. The number of nitrogens with one attached hydrogen (secondary N) is 1. The molecular formula is C14H14N4OS2. The lowest BCUT2D eigenvalue weighted by molar-refractivity contribution is 0.0956. The van der Waals surface area contributed by atoms with Crippen LogP contribution < -0.4 is 11.1 Å². The van der Waals surface area contributed by atoms with Gasteiger partial charge in [0.1, 0.15) is 9.71 Å². The van der Waals surface area contributed by atoms with Gasteiger partial charge in [0.05, 0.1) is 17.9 Å². The van der Waals surface area contributed by atoms with Gasteiger partial charge in [-0.25, -0.2) is 0 Å². The van der Waals surface area contributed by atoms with Crippen molar-refractivity contribution in [2.75, 3.05) is 5.73 Å². The van der Waals surface area contributed by atoms with E-state index in [0.29, 0.717) is 21.9 Å². The maximum Gasteiger partial charge on any atom is 0.263 e. The molecule has 108 valence electrons. The fraction of sp³-hybridized carbons (Fsp3) is 0.214. The van der Waals surface area contributed by atoms with Gasteiger partial charge >= 0.3 is 0 Å². The molecule has 7 heteroatoms. The summed E-state index contributed by atoms with van der Waals surface area (Å²) in [7, 11) is 0. The molecule has 3 heterocycles. The summed E-state index contributed by atoms with van der Waals surface area (Å²) in [5.41, 5.74) is 8.45. The number of nitrogens with two attached hydrogens (primary N) is 1. The molecule has 0 radical (unpaired) electrons. The van der Waals surface area contributed by atoms with Crippen LogP contribution >= 0.6 is 22.7 Å². The van der Waals surface area contributed by atoms with Crippen molar-refractivity contribution in [3.63, 3.8) is 0 Å². The van der Waals surface area contributed by atoms with Gasteiger partial charge in [-0.15, -0.1) is 27.8 Å². The standard InChI is InChI=1S/C14H14N4OS2/c1-7-8(2)17-18-14-10(7)11(15)12(21-14)13(19)16-6-9-4-3-5-20-9/h3-5H,6,15H2,1-2H3,(H,16,19). The Morgan fingerprint density at radius 2 is 2.19 bits per heavy atom. The average molecular weight is 318 g/mol. The van der Waals surface area contributed by atoms with E-state index in [1.54, 1.807) is 11.3 Å². The van der Waals surface area contributed by atoms with Gasteiger partial charge in [-0.2, -0.15) is 5.10 Å². The summed E-state index contributed by atoms with van der Waals surface area (Å²) >= 11 is 2.89.